The molecule has 2 atom stereocenters. The number of benzene rings is 1. The second kappa shape index (κ2) is 5.87. The van der Waals surface area contributed by atoms with Crippen LogP contribution in [0, 0.1) is 19.8 Å². The van der Waals surface area contributed by atoms with Crippen LogP contribution in [0.5, 0.6) is 5.75 Å². The van der Waals surface area contributed by atoms with Crippen molar-refractivity contribution in [3.05, 3.63) is 28.8 Å². The van der Waals surface area contributed by atoms with Crippen LogP contribution in [0.3, 0.4) is 0 Å². The van der Waals surface area contributed by atoms with Crippen LogP contribution in [-0.4, -0.2) is 18.2 Å². The lowest BCUT2D eigenvalue weighted by atomic mass is 9.92. The normalized spacial score (nSPS) is 14.1. The average Bonchev–Trinajstić information content (AvgIpc) is 2.27. The molecule has 4 nitrogen and oxygen atoms in total. The molecule has 0 heterocycles. The van der Waals surface area contributed by atoms with E-state index in [0.29, 0.717) is 6.42 Å². The van der Waals surface area contributed by atoms with Crippen molar-refractivity contribution in [2.45, 2.75) is 33.2 Å². The number of hydrogen-bond donors (Lipinski definition) is 2. The number of hydrogen-bond acceptors (Lipinski definition) is 3. The van der Waals surface area contributed by atoms with Crippen LogP contribution >= 0.6 is 0 Å². The quantitative estimate of drug-likeness (QED) is 0.843. The van der Waals surface area contributed by atoms with Gasteiger partial charge in [-0.15, -0.1) is 0 Å². The van der Waals surface area contributed by atoms with Gasteiger partial charge in [0, 0.05) is 11.6 Å². The molecule has 1 aromatic carbocycles. The molecule has 100 valence electrons. The van der Waals surface area contributed by atoms with E-state index in [1.165, 1.54) is 0 Å². The Morgan fingerprint density at radius 2 is 2.06 bits per heavy atom. The van der Waals surface area contributed by atoms with Crippen molar-refractivity contribution < 1.29 is 14.6 Å². The number of carbonyl (C=O) groups is 1. The van der Waals surface area contributed by atoms with Gasteiger partial charge in [0.05, 0.1) is 13.0 Å². The highest BCUT2D eigenvalue weighted by Gasteiger charge is 2.21. The van der Waals surface area contributed by atoms with Gasteiger partial charge in [-0.05, 0) is 37.5 Å². The maximum absolute atomic E-state index is 10.9. The highest BCUT2D eigenvalue weighted by molar-refractivity contribution is 5.69. The Bertz CT molecular complexity index is 443. The van der Waals surface area contributed by atoms with Crippen molar-refractivity contribution in [1.82, 2.24) is 0 Å². The molecule has 0 radical (unpaired) electrons. The summed E-state index contributed by atoms with van der Waals surface area (Å²) in [4.78, 5) is 10.9. The first-order chi connectivity index (χ1) is 8.36. The number of nitrogens with two attached hydrogens (primary N) is 1. The molecule has 0 fully saturated rings. The number of aryl methyl sites for hydroxylation is 2. The van der Waals surface area contributed by atoms with Crippen molar-refractivity contribution in [1.29, 1.82) is 0 Å². The number of carboxylic acid groups (broad SMARTS) is 1. The molecule has 1 rings (SSSR count). The molecule has 0 spiro atoms. The van der Waals surface area contributed by atoms with Crippen LogP contribution < -0.4 is 10.5 Å². The zero-order valence-electron chi connectivity index (χ0n) is 11.4. The largest absolute Gasteiger partial charge is 0.496 e. The van der Waals surface area contributed by atoms with Gasteiger partial charge >= 0.3 is 5.97 Å². The summed E-state index contributed by atoms with van der Waals surface area (Å²) in [6, 6.07) is 3.63. The van der Waals surface area contributed by atoms with E-state index < -0.39 is 11.9 Å². The molecule has 0 aliphatic rings. The monoisotopic (exact) mass is 251 g/mol. The number of ether oxygens (including phenoxy) is 1. The van der Waals surface area contributed by atoms with Crippen LogP contribution in [-0.2, 0) is 4.79 Å². The van der Waals surface area contributed by atoms with Crippen LogP contribution in [0.25, 0.3) is 0 Å². The fourth-order valence-corrected chi connectivity index (χ4v) is 2.18. The highest BCUT2D eigenvalue weighted by Crippen LogP contribution is 2.32. The van der Waals surface area contributed by atoms with E-state index in [4.69, 9.17) is 15.6 Å². The fraction of sp³-hybridized carbons (Fsp3) is 0.500. The molecular weight excluding hydrogens is 230 g/mol. The Balaban J connectivity index is 3.04. The molecule has 0 saturated heterocycles. The predicted octanol–water partition coefficient (Wildman–Crippen LogP) is 2.42. The first kappa shape index (κ1) is 14.5. The zero-order valence-corrected chi connectivity index (χ0v) is 11.4. The van der Waals surface area contributed by atoms with Crippen molar-refractivity contribution in [2.75, 3.05) is 7.11 Å². The standard InChI is InChI=1S/C14H21NO3/c1-8-5-9(2)13(12(6-8)18-4)11(15)7-10(3)14(16)17/h5-6,10-11H,7,15H2,1-4H3,(H,16,17). The lowest BCUT2D eigenvalue weighted by Gasteiger charge is -2.20. The number of carboxylic acids is 1. The molecule has 0 aromatic heterocycles. The lowest BCUT2D eigenvalue weighted by molar-refractivity contribution is -0.141. The molecular formula is C14H21NO3. The minimum Gasteiger partial charge on any atom is -0.496 e. The number of rotatable bonds is 5. The van der Waals surface area contributed by atoms with E-state index >= 15 is 0 Å². The van der Waals surface area contributed by atoms with Gasteiger partial charge in [-0.3, -0.25) is 4.79 Å². The summed E-state index contributed by atoms with van der Waals surface area (Å²) in [5.74, 6) is -0.558. The van der Waals surface area contributed by atoms with Gasteiger partial charge in [0.15, 0.2) is 0 Å². The molecule has 0 bridgehead atoms. The Morgan fingerprint density at radius 3 is 2.56 bits per heavy atom. The smallest absolute Gasteiger partial charge is 0.306 e. The molecule has 4 heteroatoms. The van der Waals surface area contributed by atoms with Gasteiger partial charge < -0.3 is 15.6 Å². The van der Waals surface area contributed by atoms with Gasteiger partial charge in [0.25, 0.3) is 0 Å². The topological polar surface area (TPSA) is 72.5 Å². The third-order valence-corrected chi connectivity index (χ3v) is 3.11. The summed E-state index contributed by atoms with van der Waals surface area (Å²) in [6.07, 6.45) is 0.398. The zero-order chi connectivity index (χ0) is 13.9. The van der Waals surface area contributed by atoms with Crippen LogP contribution in [0.1, 0.15) is 36.1 Å². The summed E-state index contributed by atoms with van der Waals surface area (Å²) >= 11 is 0. The molecule has 0 aliphatic carbocycles. The van der Waals surface area contributed by atoms with Crippen molar-refractivity contribution >= 4 is 5.97 Å². The maximum atomic E-state index is 10.9. The number of aliphatic carboxylic acids is 1. The number of methoxy groups -OCH3 is 1. The fourth-order valence-electron chi connectivity index (χ4n) is 2.18. The van der Waals surface area contributed by atoms with Crippen LogP contribution in [0.15, 0.2) is 12.1 Å². The van der Waals surface area contributed by atoms with E-state index in [0.717, 1.165) is 22.4 Å². The van der Waals surface area contributed by atoms with Crippen molar-refractivity contribution in [3.63, 3.8) is 0 Å². The molecule has 0 amide bonds. The van der Waals surface area contributed by atoms with E-state index in [9.17, 15) is 4.79 Å². The van der Waals surface area contributed by atoms with Crippen molar-refractivity contribution in [2.24, 2.45) is 11.7 Å². The molecule has 1 aromatic rings. The van der Waals surface area contributed by atoms with E-state index in [1.54, 1.807) is 14.0 Å². The summed E-state index contributed by atoms with van der Waals surface area (Å²) in [6.45, 7) is 5.62. The first-order valence-corrected chi connectivity index (χ1v) is 6.00. The first-order valence-electron chi connectivity index (χ1n) is 6.00. The van der Waals surface area contributed by atoms with Gasteiger partial charge in [-0.1, -0.05) is 13.0 Å². The van der Waals surface area contributed by atoms with Gasteiger partial charge in [-0.25, -0.2) is 0 Å². The molecule has 0 saturated carbocycles. The maximum Gasteiger partial charge on any atom is 0.306 e. The van der Waals surface area contributed by atoms with Gasteiger partial charge in [-0.2, -0.15) is 0 Å². The van der Waals surface area contributed by atoms with E-state index in [-0.39, 0.29) is 6.04 Å². The average molecular weight is 251 g/mol. The second-order valence-corrected chi connectivity index (χ2v) is 4.78. The summed E-state index contributed by atoms with van der Waals surface area (Å²) in [5.41, 5.74) is 9.16. The second-order valence-electron chi connectivity index (χ2n) is 4.78. The third kappa shape index (κ3) is 3.23. The summed E-state index contributed by atoms with van der Waals surface area (Å²) in [5, 5.41) is 8.93. The Morgan fingerprint density at radius 1 is 1.44 bits per heavy atom. The Labute approximate surface area is 108 Å². The Hall–Kier alpha value is -1.55. The minimum absolute atomic E-state index is 0.327. The molecule has 2 unspecified atom stereocenters. The van der Waals surface area contributed by atoms with E-state index in [1.807, 2.05) is 26.0 Å². The summed E-state index contributed by atoms with van der Waals surface area (Å²) in [7, 11) is 1.60. The van der Waals surface area contributed by atoms with Gasteiger partial charge in [0.2, 0.25) is 0 Å². The van der Waals surface area contributed by atoms with Crippen LogP contribution in [0.2, 0.25) is 0 Å². The highest BCUT2D eigenvalue weighted by atomic mass is 16.5. The summed E-state index contributed by atoms with van der Waals surface area (Å²) < 4.78 is 5.34. The minimum atomic E-state index is -0.825. The molecule has 3 N–H and O–H groups in total. The molecule has 0 aliphatic heterocycles. The van der Waals surface area contributed by atoms with Crippen LogP contribution in [0.4, 0.5) is 0 Å². The Kier molecular flexibility index (Phi) is 4.73. The SMILES string of the molecule is COc1cc(C)cc(C)c1C(N)CC(C)C(=O)O. The van der Waals surface area contributed by atoms with Crippen molar-refractivity contribution in [3.8, 4) is 5.75 Å². The van der Waals surface area contributed by atoms with Gasteiger partial charge in [0.1, 0.15) is 5.75 Å². The van der Waals surface area contributed by atoms with E-state index in [2.05, 4.69) is 0 Å². The lowest BCUT2D eigenvalue weighted by Crippen LogP contribution is -2.20. The molecule has 18 heavy (non-hydrogen) atoms. The third-order valence-electron chi connectivity index (χ3n) is 3.11. The predicted molar refractivity (Wildman–Crippen MR) is 70.8 cm³/mol.